The van der Waals surface area contributed by atoms with E-state index in [0.29, 0.717) is 31.7 Å². The number of nitrogens with zero attached hydrogens (tertiary/aromatic N) is 6. The van der Waals surface area contributed by atoms with E-state index in [1.807, 2.05) is 0 Å². The third kappa shape index (κ3) is 5.01. The average Bonchev–Trinajstić information content (AvgIpc) is 3.49. The number of fused-ring (bicyclic) bond motifs is 1. The number of nitrogens with one attached hydrogen (secondary N) is 1. The van der Waals surface area contributed by atoms with Crippen LogP contribution >= 0.6 is 0 Å². The summed E-state index contributed by atoms with van der Waals surface area (Å²) in [4.78, 5) is 24.1. The van der Waals surface area contributed by atoms with Gasteiger partial charge in [-0.25, -0.2) is 23.1 Å². The summed E-state index contributed by atoms with van der Waals surface area (Å²) >= 11 is 0. The molecule has 0 spiro atoms. The van der Waals surface area contributed by atoms with Crippen LogP contribution in [0.1, 0.15) is 48.9 Å². The Morgan fingerprint density at radius 3 is 2.31 bits per heavy atom. The van der Waals surface area contributed by atoms with Gasteiger partial charge in [-0.15, -0.1) is 0 Å². The van der Waals surface area contributed by atoms with Crippen molar-refractivity contribution in [1.29, 1.82) is 0 Å². The number of rotatable bonds is 7. The van der Waals surface area contributed by atoms with Gasteiger partial charge in [0.15, 0.2) is 5.65 Å². The molecule has 3 aromatic rings. The number of anilines is 1. The predicted molar refractivity (Wildman–Crippen MR) is 133 cm³/mol. The molecule has 2 aliphatic rings. The van der Waals surface area contributed by atoms with Gasteiger partial charge in [0.25, 0.3) is 5.91 Å². The Morgan fingerprint density at radius 2 is 1.60 bits per heavy atom. The maximum atomic E-state index is 12.7. The number of amides is 1. The SMILES string of the molecule is O=C(NCCn1ncc2c(N3CCCCCC3)ncnc21)c1ccc(S(=O)(=O)N2CCCC2)cc1. The molecule has 0 bridgehead atoms. The summed E-state index contributed by atoms with van der Waals surface area (Å²) in [5.41, 5.74) is 1.17. The molecule has 0 unspecified atom stereocenters. The normalized spacial score (nSPS) is 17.5. The number of benzene rings is 1. The summed E-state index contributed by atoms with van der Waals surface area (Å²) in [5.74, 6) is 0.669. The van der Waals surface area contributed by atoms with E-state index in [1.165, 1.54) is 29.3 Å². The van der Waals surface area contributed by atoms with Crippen LogP contribution in [0.2, 0.25) is 0 Å². The maximum Gasteiger partial charge on any atom is 0.251 e. The van der Waals surface area contributed by atoms with Crippen LogP contribution in [0.25, 0.3) is 11.0 Å². The summed E-state index contributed by atoms with van der Waals surface area (Å²) < 4.78 is 28.6. The molecule has 10 nitrogen and oxygen atoms in total. The number of aromatic nitrogens is 4. The number of carbonyl (C=O) groups excluding carboxylic acids is 1. The fourth-order valence-electron chi connectivity index (χ4n) is 4.81. The lowest BCUT2D eigenvalue weighted by Crippen LogP contribution is -2.29. The second-order valence-corrected chi connectivity index (χ2v) is 11.0. The zero-order chi connectivity index (χ0) is 24.3. The minimum Gasteiger partial charge on any atom is -0.356 e. The molecule has 2 aromatic heterocycles. The van der Waals surface area contributed by atoms with E-state index in [4.69, 9.17) is 0 Å². The van der Waals surface area contributed by atoms with Crippen LogP contribution in [-0.4, -0.2) is 71.1 Å². The van der Waals surface area contributed by atoms with E-state index >= 15 is 0 Å². The first kappa shape index (κ1) is 23.7. The second kappa shape index (κ2) is 10.3. The van der Waals surface area contributed by atoms with E-state index < -0.39 is 10.0 Å². The van der Waals surface area contributed by atoms with E-state index in [1.54, 1.807) is 29.3 Å². The number of sulfonamides is 1. The molecule has 0 radical (unpaired) electrons. The molecular formula is C24H31N7O3S. The predicted octanol–water partition coefficient (Wildman–Crippen LogP) is 2.42. The minimum atomic E-state index is -3.49. The second-order valence-electron chi connectivity index (χ2n) is 9.10. The van der Waals surface area contributed by atoms with Gasteiger partial charge >= 0.3 is 0 Å². The Hall–Kier alpha value is -3.05. The largest absolute Gasteiger partial charge is 0.356 e. The van der Waals surface area contributed by atoms with Gasteiger partial charge < -0.3 is 10.2 Å². The van der Waals surface area contributed by atoms with Gasteiger partial charge in [-0.3, -0.25) is 4.79 Å². The summed E-state index contributed by atoms with van der Waals surface area (Å²) in [6.07, 6.45) is 9.98. The van der Waals surface area contributed by atoms with E-state index in [2.05, 4.69) is 25.3 Å². The molecule has 0 saturated carbocycles. The van der Waals surface area contributed by atoms with E-state index in [-0.39, 0.29) is 10.8 Å². The van der Waals surface area contributed by atoms with Crippen LogP contribution in [0.15, 0.2) is 41.7 Å². The van der Waals surface area contributed by atoms with Crippen LogP contribution < -0.4 is 10.2 Å². The van der Waals surface area contributed by atoms with Gasteiger partial charge in [-0.05, 0) is 49.9 Å². The van der Waals surface area contributed by atoms with Crippen molar-refractivity contribution in [2.75, 3.05) is 37.6 Å². The van der Waals surface area contributed by atoms with Crippen molar-refractivity contribution in [1.82, 2.24) is 29.4 Å². The highest BCUT2D eigenvalue weighted by molar-refractivity contribution is 7.89. The summed E-state index contributed by atoms with van der Waals surface area (Å²) in [6, 6.07) is 6.13. The van der Waals surface area contributed by atoms with Crippen molar-refractivity contribution in [3.05, 3.63) is 42.4 Å². The zero-order valence-corrected chi connectivity index (χ0v) is 20.6. The molecule has 186 valence electrons. The van der Waals surface area contributed by atoms with Crippen molar-refractivity contribution >= 4 is 32.8 Å². The molecule has 0 aliphatic carbocycles. The van der Waals surface area contributed by atoms with Crippen molar-refractivity contribution in [3.63, 3.8) is 0 Å². The lowest BCUT2D eigenvalue weighted by molar-refractivity contribution is 0.0952. The van der Waals surface area contributed by atoms with Crippen molar-refractivity contribution in [2.45, 2.75) is 50.0 Å². The summed E-state index contributed by atoms with van der Waals surface area (Å²) in [5, 5.41) is 8.30. The van der Waals surface area contributed by atoms with Crippen LogP contribution in [0, 0.1) is 0 Å². The molecule has 4 heterocycles. The molecule has 1 N–H and O–H groups in total. The highest BCUT2D eigenvalue weighted by Gasteiger charge is 2.27. The monoisotopic (exact) mass is 497 g/mol. The molecule has 1 amide bonds. The zero-order valence-electron chi connectivity index (χ0n) is 19.8. The number of hydrogen-bond acceptors (Lipinski definition) is 7. The van der Waals surface area contributed by atoms with Crippen LogP contribution in [0.3, 0.4) is 0 Å². The molecule has 2 fully saturated rings. The quantitative estimate of drug-likeness (QED) is 0.533. The third-order valence-corrected chi connectivity index (χ3v) is 8.66. The first-order valence-electron chi connectivity index (χ1n) is 12.3. The molecular weight excluding hydrogens is 466 g/mol. The summed E-state index contributed by atoms with van der Waals surface area (Å²) in [7, 11) is -3.49. The Balaban J connectivity index is 1.21. The lowest BCUT2D eigenvalue weighted by atomic mass is 10.2. The molecule has 5 rings (SSSR count). The highest BCUT2D eigenvalue weighted by Crippen LogP contribution is 2.25. The fourth-order valence-corrected chi connectivity index (χ4v) is 6.33. The van der Waals surface area contributed by atoms with Crippen LogP contribution in [0.5, 0.6) is 0 Å². The van der Waals surface area contributed by atoms with Gasteiger partial charge in [0, 0.05) is 38.3 Å². The van der Waals surface area contributed by atoms with Crippen molar-refractivity contribution in [3.8, 4) is 0 Å². The third-order valence-electron chi connectivity index (χ3n) is 6.75. The number of carbonyl (C=O) groups is 1. The van der Waals surface area contributed by atoms with Crippen molar-refractivity contribution < 1.29 is 13.2 Å². The first-order chi connectivity index (χ1) is 17.0. The molecule has 1 aromatic carbocycles. The lowest BCUT2D eigenvalue weighted by Gasteiger charge is -2.21. The Labute approximate surface area is 205 Å². The Morgan fingerprint density at radius 1 is 0.914 bits per heavy atom. The van der Waals surface area contributed by atoms with E-state index in [0.717, 1.165) is 55.6 Å². The average molecular weight is 498 g/mol. The van der Waals surface area contributed by atoms with Gasteiger partial charge in [-0.2, -0.15) is 9.40 Å². The van der Waals surface area contributed by atoms with Crippen LogP contribution in [0.4, 0.5) is 5.82 Å². The topological polar surface area (TPSA) is 113 Å². The van der Waals surface area contributed by atoms with E-state index in [9.17, 15) is 13.2 Å². The maximum absolute atomic E-state index is 12.7. The smallest absolute Gasteiger partial charge is 0.251 e. The molecule has 0 atom stereocenters. The van der Waals surface area contributed by atoms with Crippen LogP contribution in [-0.2, 0) is 16.6 Å². The molecule has 11 heteroatoms. The van der Waals surface area contributed by atoms with Crippen molar-refractivity contribution in [2.24, 2.45) is 0 Å². The van der Waals surface area contributed by atoms with Gasteiger partial charge in [0.05, 0.1) is 23.0 Å². The van der Waals surface area contributed by atoms with Gasteiger partial charge in [-0.1, -0.05) is 12.8 Å². The first-order valence-corrected chi connectivity index (χ1v) is 13.8. The summed E-state index contributed by atoms with van der Waals surface area (Å²) in [6.45, 7) is 3.92. The fraction of sp³-hybridized carbons (Fsp3) is 0.500. The molecule has 35 heavy (non-hydrogen) atoms. The van der Waals surface area contributed by atoms with Gasteiger partial charge in [0.2, 0.25) is 10.0 Å². The minimum absolute atomic E-state index is 0.221. The highest BCUT2D eigenvalue weighted by atomic mass is 32.2. The molecule has 2 saturated heterocycles. The Kier molecular flexibility index (Phi) is 6.96. The molecule has 2 aliphatic heterocycles. The standard InChI is InChI=1S/C24H31N7O3S/c32-24(19-7-9-20(10-8-19)35(33,34)30-14-5-6-15-30)25-11-16-31-23-21(17-28-31)22(26-18-27-23)29-12-3-1-2-4-13-29/h7-10,17-18H,1-6,11-16H2,(H,25,32). The Bertz CT molecular complexity index is 1280. The number of hydrogen-bond donors (Lipinski definition) is 1. The van der Waals surface area contributed by atoms with Gasteiger partial charge in [0.1, 0.15) is 12.1 Å².